The van der Waals surface area contributed by atoms with Crippen LogP contribution in [0.4, 0.5) is 4.39 Å². The molecule has 7 heteroatoms. The van der Waals surface area contributed by atoms with E-state index in [9.17, 15) is 22.7 Å². The highest BCUT2D eigenvalue weighted by Gasteiger charge is 2.46. The van der Waals surface area contributed by atoms with Crippen LogP contribution in [0.2, 0.25) is 0 Å². The molecule has 26 heavy (non-hydrogen) atoms. The first-order chi connectivity index (χ1) is 12.2. The fourth-order valence-corrected chi connectivity index (χ4v) is 5.14. The second kappa shape index (κ2) is 6.81. The van der Waals surface area contributed by atoms with Gasteiger partial charge in [-0.15, -0.1) is 0 Å². The molecule has 3 rings (SSSR count). The van der Waals surface area contributed by atoms with E-state index in [2.05, 4.69) is 0 Å². The lowest BCUT2D eigenvalue weighted by Crippen LogP contribution is -2.34. The van der Waals surface area contributed by atoms with Crippen molar-refractivity contribution in [2.24, 2.45) is 5.92 Å². The average molecular weight is 377 g/mol. The van der Waals surface area contributed by atoms with E-state index in [4.69, 9.17) is 0 Å². The summed E-state index contributed by atoms with van der Waals surface area (Å²) in [5.41, 5.74) is 1.99. The lowest BCUT2D eigenvalue weighted by atomic mass is 9.91. The van der Waals surface area contributed by atoms with Gasteiger partial charge in [0.05, 0.1) is 16.9 Å². The summed E-state index contributed by atoms with van der Waals surface area (Å²) < 4.78 is 41.0. The zero-order valence-electron chi connectivity index (χ0n) is 14.5. The molecular formula is C19H20FNO4S. The third-order valence-electron chi connectivity index (χ3n) is 4.85. The normalized spacial score (nSPS) is 21.0. The summed E-state index contributed by atoms with van der Waals surface area (Å²) in [6.45, 7) is 3.62. The number of sulfonamides is 1. The molecule has 0 unspecified atom stereocenters. The van der Waals surface area contributed by atoms with E-state index < -0.39 is 33.8 Å². The van der Waals surface area contributed by atoms with Crippen molar-refractivity contribution in [2.45, 2.75) is 31.2 Å². The number of benzene rings is 2. The fraction of sp³-hybridized carbons (Fsp3) is 0.316. The van der Waals surface area contributed by atoms with Crippen LogP contribution in [-0.4, -0.2) is 30.3 Å². The van der Waals surface area contributed by atoms with Crippen LogP contribution in [0.1, 0.15) is 29.2 Å². The van der Waals surface area contributed by atoms with Crippen molar-refractivity contribution < 1.29 is 22.7 Å². The summed E-state index contributed by atoms with van der Waals surface area (Å²) in [4.78, 5) is 11.8. The topological polar surface area (TPSA) is 74.7 Å². The lowest BCUT2D eigenvalue weighted by molar-refractivity contribution is -0.142. The quantitative estimate of drug-likeness (QED) is 0.887. The maximum atomic E-state index is 13.5. The fourth-order valence-electron chi connectivity index (χ4n) is 3.48. The van der Waals surface area contributed by atoms with Crippen LogP contribution in [0.3, 0.4) is 0 Å². The molecule has 0 saturated carbocycles. The van der Waals surface area contributed by atoms with E-state index in [0.717, 1.165) is 5.56 Å². The number of carboxylic acid groups (broad SMARTS) is 1. The minimum Gasteiger partial charge on any atom is -0.481 e. The van der Waals surface area contributed by atoms with E-state index in [0.29, 0.717) is 11.1 Å². The SMILES string of the molecule is Cc1ccc(S(=O)(=O)N2CC[C@@H](C(=O)O)[C@@H]2c2ccc(F)cc2C)cc1. The van der Waals surface area contributed by atoms with Crippen molar-refractivity contribution in [1.82, 2.24) is 4.31 Å². The predicted molar refractivity (Wildman–Crippen MR) is 94.7 cm³/mol. The number of aryl methyl sites for hydroxylation is 2. The van der Waals surface area contributed by atoms with Gasteiger partial charge in [0, 0.05) is 6.54 Å². The monoisotopic (exact) mass is 377 g/mol. The second-order valence-corrected chi connectivity index (χ2v) is 8.50. The standard InChI is InChI=1S/C19H20FNO4S/c1-12-3-6-15(7-4-12)26(24,25)21-10-9-17(19(22)23)18(21)16-8-5-14(20)11-13(16)2/h3-8,11,17-18H,9-10H2,1-2H3,(H,22,23)/t17-,18+/m1/s1. The van der Waals surface area contributed by atoms with Gasteiger partial charge in [-0.1, -0.05) is 23.8 Å². The maximum Gasteiger partial charge on any atom is 0.308 e. The molecule has 5 nitrogen and oxygen atoms in total. The number of halogens is 1. The Labute approximate surface area is 152 Å². The summed E-state index contributed by atoms with van der Waals surface area (Å²) in [5.74, 6) is -2.37. The van der Waals surface area contributed by atoms with Gasteiger partial charge in [-0.3, -0.25) is 4.79 Å². The first kappa shape index (κ1) is 18.5. The zero-order valence-corrected chi connectivity index (χ0v) is 15.3. The minimum atomic E-state index is -3.87. The van der Waals surface area contributed by atoms with Crippen LogP contribution in [0.25, 0.3) is 0 Å². The first-order valence-corrected chi connectivity index (χ1v) is 9.73. The first-order valence-electron chi connectivity index (χ1n) is 8.29. The molecule has 0 aliphatic carbocycles. The van der Waals surface area contributed by atoms with Gasteiger partial charge < -0.3 is 5.11 Å². The molecule has 0 bridgehead atoms. The average Bonchev–Trinajstić information content (AvgIpc) is 3.01. The summed E-state index contributed by atoms with van der Waals surface area (Å²) >= 11 is 0. The molecule has 0 amide bonds. The van der Waals surface area contributed by atoms with E-state index in [1.54, 1.807) is 19.1 Å². The molecule has 1 fully saturated rings. The summed E-state index contributed by atoms with van der Waals surface area (Å²) in [6, 6.07) is 9.60. The third kappa shape index (κ3) is 3.24. The van der Waals surface area contributed by atoms with Gasteiger partial charge in [0.25, 0.3) is 0 Å². The highest BCUT2D eigenvalue weighted by atomic mass is 32.2. The van der Waals surface area contributed by atoms with Gasteiger partial charge in [0.1, 0.15) is 5.82 Å². The molecule has 0 spiro atoms. The molecule has 0 radical (unpaired) electrons. The number of carboxylic acids is 1. The molecule has 2 atom stereocenters. The summed E-state index contributed by atoms with van der Waals surface area (Å²) in [7, 11) is -3.87. The van der Waals surface area contributed by atoms with Crippen molar-refractivity contribution in [2.75, 3.05) is 6.54 Å². The zero-order chi connectivity index (χ0) is 19.1. The number of carbonyl (C=O) groups is 1. The Hall–Kier alpha value is -2.25. The molecule has 1 N–H and O–H groups in total. The number of hydrogen-bond acceptors (Lipinski definition) is 3. The largest absolute Gasteiger partial charge is 0.481 e. The van der Waals surface area contributed by atoms with Crippen LogP contribution < -0.4 is 0 Å². The molecule has 2 aromatic carbocycles. The Balaban J connectivity index is 2.10. The smallest absolute Gasteiger partial charge is 0.308 e. The number of rotatable bonds is 4. The molecule has 1 aliphatic heterocycles. The predicted octanol–water partition coefficient (Wildman–Crippen LogP) is 3.28. The van der Waals surface area contributed by atoms with Crippen molar-refractivity contribution in [3.05, 3.63) is 65.0 Å². The Morgan fingerprint density at radius 2 is 1.81 bits per heavy atom. The van der Waals surface area contributed by atoms with Crippen LogP contribution in [-0.2, 0) is 14.8 Å². The van der Waals surface area contributed by atoms with Crippen molar-refractivity contribution in [3.63, 3.8) is 0 Å². The van der Waals surface area contributed by atoms with Gasteiger partial charge in [-0.25, -0.2) is 12.8 Å². The van der Waals surface area contributed by atoms with Crippen molar-refractivity contribution >= 4 is 16.0 Å². The van der Waals surface area contributed by atoms with Gasteiger partial charge in [-0.05, 0) is 55.7 Å². The summed E-state index contributed by atoms with van der Waals surface area (Å²) in [5, 5.41) is 9.59. The minimum absolute atomic E-state index is 0.106. The Bertz CT molecular complexity index is 941. The van der Waals surface area contributed by atoms with Gasteiger partial charge in [-0.2, -0.15) is 4.31 Å². The van der Waals surface area contributed by atoms with Crippen LogP contribution in [0.5, 0.6) is 0 Å². The molecule has 1 aliphatic rings. The maximum absolute atomic E-state index is 13.5. The molecule has 138 valence electrons. The van der Waals surface area contributed by atoms with Crippen LogP contribution in [0.15, 0.2) is 47.4 Å². The number of nitrogens with zero attached hydrogens (tertiary/aromatic N) is 1. The highest BCUT2D eigenvalue weighted by Crippen LogP contribution is 2.42. The molecule has 0 aromatic heterocycles. The van der Waals surface area contributed by atoms with Crippen LogP contribution in [0, 0.1) is 25.6 Å². The van der Waals surface area contributed by atoms with E-state index in [1.807, 2.05) is 6.92 Å². The van der Waals surface area contributed by atoms with Crippen molar-refractivity contribution in [3.8, 4) is 0 Å². The Morgan fingerprint density at radius 3 is 2.38 bits per heavy atom. The number of hydrogen-bond donors (Lipinski definition) is 1. The van der Waals surface area contributed by atoms with Gasteiger partial charge >= 0.3 is 5.97 Å². The van der Waals surface area contributed by atoms with E-state index in [-0.39, 0.29) is 17.9 Å². The molecular weight excluding hydrogens is 357 g/mol. The highest BCUT2D eigenvalue weighted by molar-refractivity contribution is 7.89. The molecule has 1 saturated heterocycles. The Kier molecular flexibility index (Phi) is 4.86. The van der Waals surface area contributed by atoms with Gasteiger partial charge in [0.15, 0.2) is 0 Å². The van der Waals surface area contributed by atoms with Gasteiger partial charge in [0.2, 0.25) is 10.0 Å². The van der Waals surface area contributed by atoms with E-state index in [1.165, 1.54) is 34.6 Å². The molecule has 2 aromatic rings. The Morgan fingerprint density at radius 1 is 1.15 bits per heavy atom. The van der Waals surface area contributed by atoms with Crippen LogP contribution >= 0.6 is 0 Å². The second-order valence-electron chi connectivity index (χ2n) is 6.61. The van der Waals surface area contributed by atoms with Crippen molar-refractivity contribution in [1.29, 1.82) is 0 Å². The lowest BCUT2D eigenvalue weighted by Gasteiger charge is -2.28. The number of aliphatic carboxylic acids is 1. The van der Waals surface area contributed by atoms with E-state index >= 15 is 0 Å². The molecule has 1 heterocycles. The third-order valence-corrected chi connectivity index (χ3v) is 6.74. The summed E-state index contributed by atoms with van der Waals surface area (Å²) in [6.07, 6.45) is 0.210.